The van der Waals surface area contributed by atoms with E-state index >= 15 is 0 Å². The van der Waals surface area contributed by atoms with Crippen molar-refractivity contribution in [2.24, 2.45) is 0 Å². The van der Waals surface area contributed by atoms with Crippen molar-refractivity contribution in [3.05, 3.63) is 68.4 Å². The summed E-state index contributed by atoms with van der Waals surface area (Å²) < 4.78 is 15.0. The molecular formula is C14H10Br3F. The normalized spacial score (nSPS) is 12.4. The topological polar surface area (TPSA) is 0 Å². The van der Waals surface area contributed by atoms with E-state index in [1.54, 1.807) is 12.1 Å². The number of hydrogen-bond acceptors (Lipinski definition) is 0. The molecule has 0 aliphatic heterocycles. The number of rotatable bonds is 3. The molecule has 2 aromatic rings. The van der Waals surface area contributed by atoms with E-state index in [-0.39, 0.29) is 10.6 Å². The maximum atomic E-state index is 13.5. The van der Waals surface area contributed by atoms with Gasteiger partial charge in [-0.2, -0.15) is 0 Å². The molecule has 0 spiro atoms. The molecule has 0 amide bonds. The highest BCUT2D eigenvalue weighted by Crippen LogP contribution is 2.29. The van der Waals surface area contributed by atoms with Gasteiger partial charge in [0.1, 0.15) is 5.82 Å². The Kier molecular flexibility index (Phi) is 4.98. The summed E-state index contributed by atoms with van der Waals surface area (Å²) in [5.41, 5.74) is 2.15. The van der Waals surface area contributed by atoms with Crippen LogP contribution in [0.2, 0.25) is 0 Å². The van der Waals surface area contributed by atoms with E-state index in [4.69, 9.17) is 0 Å². The van der Waals surface area contributed by atoms with Crippen LogP contribution in [0.3, 0.4) is 0 Å². The minimum Gasteiger partial charge on any atom is -0.206 e. The fraction of sp³-hybridized carbons (Fsp3) is 0.143. The Bertz CT molecular complexity index is 537. The van der Waals surface area contributed by atoms with Crippen molar-refractivity contribution in [1.29, 1.82) is 0 Å². The maximum Gasteiger partial charge on any atom is 0.137 e. The average Bonchev–Trinajstić information content (AvgIpc) is 2.35. The zero-order valence-electron chi connectivity index (χ0n) is 9.34. The summed E-state index contributed by atoms with van der Waals surface area (Å²) in [4.78, 5) is 0.112. The maximum absolute atomic E-state index is 13.5. The first-order valence-electron chi connectivity index (χ1n) is 5.40. The van der Waals surface area contributed by atoms with Crippen LogP contribution in [0.4, 0.5) is 4.39 Å². The summed E-state index contributed by atoms with van der Waals surface area (Å²) in [6.07, 6.45) is 0.828. The summed E-state index contributed by atoms with van der Waals surface area (Å²) in [5.74, 6) is -0.229. The molecule has 0 radical (unpaired) electrons. The zero-order valence-corrected chi connectivity index (χ0v) is 14.1. The van der Waals surface area contributed by atoms with E-state index < -0.39 is 0 Å². The van der Waals surface area contributed by atoms with Gasteiger partial charge in [0.15, 0.2) is 0 Å². The molecule has 0 nitrogen and oxygen atoms in total. The minimum atomic E-state index is -0.229. The molecule has 0 bridgehead atoms. The van der Waals surface area contributed by atoms with Crippen LogP contribution < -0.4 is 0 Å². The SMILES string of the molecule is Fc1cc(C(Br)Cc2ccc(Br)cc2)ccc1Br. The quantitative estimate of drug-likeness (QED) is 0.515. The second-order valence-electron chi connectivity index (χ2n) is 3.97. The molecule has 2 aromatic carbocycles. The molecule has 0 aliphatic rings. The van der Waals surface area contributed by atoms with Crippen molar-refractivity contribution in [3.8, 4) is 0 Å². The van der Waals surface area contributed by atoms with Crippen molar-refractivity contribution >= 4 is 47.8 Å². The van der Waals surface area contributed by atoms with Crippen LogP contribution >= 0.6 is 47.8 Å². The lowest BCUT2D eigenvalue weighted by Crippen LogP contribution is -1.96. The fourth-order valence-electron chi connectivity index (χ4n) is 1.65. The predicted octanol–water partition coefficient (Wildman–Crippen LogP) is 6.03. The molecule has 0 heterocycles. The van der Waals surface area contributed by atoms with Crippen LogP contribution in [-0.4, -0.2) is 0 Å². The molecule has 0 fully saturated rings. The van der Waals surface area contributed by atoms with Gasteiger partial charge in [-0.3, -0.25) is 0 Å². The van der Waals surface area contributed by atoms with Gasteiger partial charge in [-0.1, -0.05) is 50.1 Å². The van der Waals surface area contributed by atoms with Crippen LogP contribution in [0.1, 0.15) is 16.0 Å². The Labute approximate surface area is 131 Å². The molecule has 0 N–H and O–H groups in total. The molecule has 0 saturated carbocycles. The number of benzene rings is 2. The summed E-state index contributed by atoms with van der Waals surface area (Å²) in [6.45, 7) is 0. The highest BCUT2D eigenvalue weighted by Gasteiger charge is 2.10. The van der Waals surface area contributed by atoms with Gasteiger partial charge in [-0.15, -0.1) is 0 Å². The highest BCUT2D eigenvalue weighted by atomic mass is 79.9. The Hall–Kier alpha value is -0.190. The molecule has 0 saturated heterocycles. The van der Waals surface area contributed by atoms with Gasteiger partial charge in [0.2, 0.25) is 0 Å². The lowest BCUT2D eigenvalue weighted by atomic mass is 10.0. The lowest BCUT2D eigenvalue weighted by molar-refractivity contribution is 0.618. The number of alkyl halides is 1. The van der Waals surface area contributed by atoms with E-state index in [0.717, 1.165) is 16.5 Å². The van der Waals surface area contributed by atoms with E-state index in [0.29, 0.717) is 4.47 Å². The van der Waals surface area contributed by atoms with Gasteiger partial charge in [-0.05, 0) is 57.7 Å². The third-order valence-corrected chi connectivity index (χ3v) is 4.66. The highest BCUT2D eigenvalue weighted by molar-refractivity contribution is 9.10. The third kappa shape index (κ3) is 3.65. The van der Waals surface area contributed by atoms with Crippen molar-refractivity contribution in [1.82, 2.24) is 0 Å². The van der Waals surface area contributed by atoms with Crippen molar-refractivity contribution in [2.75, 3.05) is 0 Å². The smallest absolute Gasteiger partial charge is 0.137 e. The van der Waals surface area contributed by atoms with Crippen LogP contribution in [-0.2, 0) is 6.42 Å². The van der Waals surface area contributed by atoms with E-state index in [1.165, 1.54) is 5.56 Å². The third-order valence-electron chi connectivity index (χ3n) is 2.63. The Morgan fingerprint density at radius 1 is 1.00 bits per heavy atom. The molecule has 0 aliphatic carbocycles. The van der Waals surface area contributed by atoms with E-state index in [1.807, 2.05) is 18.2 Å². The summed E-state index contributed by atoms with van der Waals surface area (Å²) in [7, 11) is 0. The molecule has 18 heavy (non-hydrogen) atoms. The van der Waals surface area contributed by atoms with Gasteiger partial charge >= 0.3 is 0 Å². The van der Waals surface area contributed by atoms with Crippen LogP contribution in [0.5, 0.6) is 0 Å². The predicted molar refractivity (Wildman–Crippen MR) is 83.6 cm³/mol. The van der Waals surface area contributed by atoms with Gasteiger partial charge in [0, 0.05) is 9.30 Å². The monoisotopic (exact) mass is 434 g/mol. The Morgan fingerprint density at radius 2 is 1.67 bits per heavy atom. The first-order valence-corrected chi connectivity index (χ1v) is 7.90. The zero-order chi connectivity index (χ0) is 13.1. The Balaban J connectivity index is 2.13. The summed E-state index contributed by atoms with van der Waals surface area (Å²) in [5, 5.41) is 0. The van der Waals surface area contributed by atoms with Crippen LogP contribution in [0.25, 0.3) is 0 Å². The van der Waals surface area contributed by atoms with E-state index in [2.05, 4.69) is 59.9 Å². The molecule has 2 rings (SSSR count). The van der Waals surface area contributed by atoms with Crippen LogP contribution in [0.15, 0.2) is 51.4 Å². The minimum absolute atomic E-state index is 0.112. The van der Waals surface area contributed by atoms with Gasteiger partial charge in [0.25, 0.3) is 0 Å². The second-order valence-corrected chi connectivity index (χ2v) is 6.85. The second kappa shape index (κ2) is 6.31. The Morgan fingerprint density at radius 3 is 2.28 bits per heavy atom. The summed E-state index contributed by atoms with van der Waals surface area (Å²) >= 11 is 10.2. The first kappa shape index (κ1) is 14.2. The van der Waals surface area contributed by atoms with Crippen molar-refractivity contribution in [3.63, 3.8) is 0 Å². The first-order chi connectivity index (χ1) is 8.56. The van der Waals surface area contributed by atoms with E-state index in [9.17, 15) is 4.39 Å². The molecule has 1 atom stereocenters. The van der Waals surface area contributed by atoms with Gasteiger partial charge in [-0.25, -0.2) is 4.39 Å². The van der Waals surface area contributed by atoms with Crippen molar-refractivity contribution in [2.45, 2.75) is 11.2 Å². The fourth-order valence-corrected chi connectivity index (χ4v) is 2.82. The molecular weight excluding hydrogens is 427 g/mol. The average molecular weight is 437 g/mol. The molecule has 4 heteroatoms. The van der Waals surface area contributed by atoms with Gasteiger partial charge in [0.05, 0.1) is 4.47 Å². The standard InChI is InChI=1S/C14H10Br3F/c15-11-4-1-9(2-5-11)7-13(17)10-3-6-12(16)14(18)8-10/h1-6,8,13H,7H2. The summed E-state index contributed by atoms with van der Waals surface area (Å²) in [6, 6.07) is 13.4. The largest absolute Gasteiger partial charge is 0.206 e. The lowest BCUT2D eigenvalue weighted by Gasteiger charge is -2.11. The number of hydrogen-bond donors (Lipinski definition) is 0. The number of halogens is 4. The van der Waals surface area contributed by atoms with Gasteiger partial charge < -0.3 is 0 Å². The van der Waals surface area contributed by atoms with Crippen molar-refractivity contribution < 1.29 is 4.39 Å². The van der Waals surface area contributed by atoms with Crippen LogP contribution in [0, 0.1) is 5.82 Å². The molecule has 94 valence electrons. The molecule has 1 unspecified atom stereocenters. The molecule has 0 aromatic heterocycles.